The number of carbonyl (C=O) groups is 1. The van der Waals surface area contributed by atoms with Crippen LogP contribution in [0.2, 0.25) is 10.0 Å². The Kier molecular flexibility index (Phi) is 7.81. The molecule has 1 saturated heterocycles. The van der Waals surface area contributed by atoms with Gasteiger partial charge in [-0.15, -0.1) is 0 Å². The number of nitrogens with zero attached hydrogens (tertiary/aromatic N) is 2. The molecular weight excluding hydrogens is 451 g/mol. The number of halogens is 2. The molecule has 168 valence electrons. The summed E-state index contributed by atoms with van der Waals surface area (Å²) in [5.41, 5.74) is 1.44. The zero-order valence-electron chi connectivity index (χ0n) is 17.4. The molecule has 6 nitrogen and oxygen atoms in total. The SMILES string of the molecule is O=C(OC[C@H]1CCC[C@H](OC(Cc2ccc(Cl)cc2Cl)n2ccnc2)O1)c1ccccc1. The van der Waals surface area contributed by atoms with Gasteiger partial charge in [-0.05, 0) is 49.1 Å². The van der Waals surface area contributed by atoms with E-state index in [4.69, 9.17) is 37.4 Å². The molecule has 1 fully saturated rings. The third-order valence-electron chi connectivity index (χ3n) is 5.30. The maximum Gasteiger partial charge on any atom is 0.338 e. The van der Waals surface area contributed by atoms with Crippen LogP contribution in [-0.2, 0) is 20.6 Å². The van der Waals surface area contributed by atoms with Crippen LogP contribution in [0.3, 0.4) is 0 Å². The lowest BCUT2D eigenvalue weighted by Crippen LogP contribution is -2.35. The number of esters is 1. The Morgan fingerprint density at radius 1 is 1.19 bits per heavy atom. The van der Waals surface area contributed by atoms with E-state index in [1.807, 2.05) is 29.0 Å². The fourth-order valence-corrected chi connectivity index (χ4v) is 4.11. The molecule has 0 saturated carbocycles. The van der Waals surface area contributed by atoms with Gasteiger partial charge >= 0.3 is 5.97 Å². The largest absolute Gasteiger partial charge is 0.459 e. The maximum absolute atomic E-state index is 12.2. The quantitative estimate of drug-likeness (QED) is 0.391. The van der Waals surface area contributed by atoms with Crippen molar-refractivity contribution in [1.29, 1.82) is 0 Å². The molecule has 0 bridgehead atoms. The fraction of sp³-hybridized carbons (Fsp3) is 0.333. The van der Waals surface area contributed by atoms with Gasteiger partial charge in [0.1, 0.15) is 12.8 Å². The fourth-order valence-electron chi connectivity index (χ4n) is 3.63. The highest BCUT2D eigenvalue weighted by Gasteiger charge is 2.27. The summed E-state index contributed by atoms with van der Waals surface area (Å²) in [5.74, 6) is -0.356. The molecule has 1 aromatic heterocycles. The Morgan fingerprint density at radius 3 is 2.78 bits per heavy atom. The van der Waals surface area contributed by atoms with Gasteiger partial charge in [-0.3, -0.25) is 0 Å². The number of carbonyl (C=O) groups excluding carboxylic acids is 1. The predicted octanol–water partition coefficient (Wildman–Crippen LogP) is 5.70. The van der Waals surface area contributed by atoms with Gasteiger partial charge in [0.2, 0.25) is 0 Å². The van der Waals surface area contributed by atoms with Gasteiger partial charge in [0, 0.05) is 28.9 Å². The first kappa shape index (κ1) is 22.8. The van der Waals surface area contributed by atoms with E-state index in [2.05, 4.69) is 4.98 Å². The van der Waals surface area contributed by atoms with Gasteiger partial charge in [0.25, 0.3) is 0 Å². The summed E-state index contributed by atoms with van der Waals surface area (Å²) in [4.78, 5) is 16.4. The van der Waals surface area contributed by atoms with Crippen molar-refractivity contribution in [2.24, 2.45) is 0 Å². The normalized spacial score (nSPS) is 19.4. The van der Waals surface area contributed by atoms with Gasteiger partial charge in [-0.2, -0.15) is 0 Å². The van der Waals surface area contributed by atoms with E-state index in [0.29, 0.717) is 22.0 Å². The topological polar surface area (TPSA) is 62.6 Å². The van der Waals surface area contributed by atoms with Gasteiger partial charge in [0.05, 0.1) is 18.0 Å². The lowest BCUT2D eigenvalue weighted by atomic mass is 10.1. The highest BCUT2D eigenvalue weighted by molar-refractivity contribution is 6.35. The Bertz CT molecular complexity index is 1010. The third kappa shape index (κ3) is 6.11. The van der Waals surface area contributed by atoms with Gasteiger partial charge < -0.3 is 18.8 Å². The van der Waals surface area contributed by atoms with Crippen molar-refractivity contribution in [3.05, 3.63) is 88.4 Å². The second-order valence-electron chi connectivity index (χ2n) is 7.62. The molecule has 3 atom stereocenters. The zero-order chi connectivity index (χ0) is 22.3. The summed E-state index contributed by atoms with van der Waals surface area (Å²) >= 11 is 12.4. The first-order valence-electron chi connectivity index (χ1n) is 10.5. The Morgan fingerprint density at radius 2 is 2.03 bits per heavy atom. The summed E-state index contributed by atoms with van der Waals surface area (Å²) < 4.78 is 19.7. The Hall–Kier alpha value is -2.38. The molecule has 0 radical (unpaired) electrons. The number of ether oxygens (including phenoxy) is 3. The minimum absolute atomic E-state index is 0.187. The molecule has 3 aromatic rings. The van der Waals surface area contributed by atoms with Crippen molar-refractivity contribution in [2.75, 3.05) is 6.61 Å². The summed E-state index contributed by atoms with van der Waals surface area (Å²) in [7, 11) is 0. The van der Waals surface area contributed by atoms with E-state index in [1.165, 1.54) is 0 Å². The second-order valence-corrected chi connectivity index (χ2v) is 8.47. The van der Waals surface area contributed by atoms with Crippen LogP contribution < -0.4 is 0 Å². The average molecular weight is 475 g/mol. The lowest BCUT2D eigenvalue weighted by molar-refractivity contribution is -0.234. The lowest BCUT2D eigenvalue weighted by Gasteiger charge is -2.32. The van der Waals surface area contributed by atoms with E-state index >= 15 is 0 Å². The molecule has 0 N–H and O–H groups in total. The van der Waals surface area contributed by atoms with Gasteiger partial charge in [0.15, 0.2) is 6.29 Å². The van der Waals surface area contributed by atoms with E-state index in [0.717, 1.165) is 24.8 Å². The van der Waals surface area contributed by atoms with Crippen LogP contribution in [0.15, 0.2) is 67.3 Å². The van der Waals surface area contributed by atoms with Crippen molar-refractivity contribution in [1.82, 2.24) is 9.55 Å². The standard InChI is InChI=1S/C24H24Cl2N2O4/c25-19-10-9-18(21(26)14-19)13-22(28-12-11-27-16-28)32-23-8-4-7-20(31-23)15-30-24(29)17-5-2-1-3-6-17/h1-3,5-6,9-12,14,16,20,22-23H,4,7-8,13,15H2/t20-,22?,23+/m1/s1. The molecule has 1 aliphatic rings. The molecule has 0 aliphatic carbocycles. The van der Waals surface area contributed by atoms with Gasteiger partial charge in [-0.25, -0.2) is 9.78 Å². The van der Waals surface area contributed by atoms with Crippen molar-refractivity contribution in [3.8, 4) is 0 Å². The van der Waals surface area contributed by atoms with Crippen LogP contribution in [0, 0.1) is 0 Å². The minimum atomic E-state index is -0.428. The van der Waals surface area contributed by atoms with Crippen molar-refractivity contribution in [2.45, 2.75) is 44.3 Å². The van der Waals surface area contributed by atoms with Crippen LogP contribution in [0.5, 0.6) is 0 Å². The molecule has 4 rings (SSSR count). The summed E-state index contributed by atoms with van der Waals surface area (Å²) in [6, 6.07) is 14.4. The van der Waals surface area contributed by atoms with Crippen LogP contribution in [-0.4, -0.2) is 34.5 Å². The molecule has 0 amide bonds. The monoisotopic (exact) mass is 474 g/mol. The zero-order valence-corrected chi connectivity index (χ0v) is 18.9. The molecule has 1 aliphatic heterocycles. The van der Waals surface area contributed by atoms with Crippen LogP contribution >= 0.6 is 23.2 Å². The summed E-state index contributed by atoms with van der Waals surface area (Å²) in [5, 5.41) is 1.17. The summed E-state index contributed by atoms with van der Waals surface area (Å²) in [6.45, 7) is 0.187. The molecule has 8 heteroatoms. The van der Waals surface area contributed by atoms with Crippen LogP contribution in [0.1, 0.15) is 41.4 Å². The first-order chi connectivity index (χ1) is 15.6. The number of imidazole rings is 1. The second kappa shape index (κ2) is 11.0. The van der Waals surface area contributed by atoms with E-state index in [1.54, 1.807) is 42.9 Å². The Balaban J connectivity index is 1.37. The van der Waals surface area contributed by atoms with Crippen molar-refractivity contribution >= 4 is 29.2 Å². The van der Waals surface area contributed by atoms with Crippen molar-refractivity contribution < 1.29 is 19.0 Å². The molecule has 0 spiro atoms. The van der Waals surface area contributed by atoms with Crippen LogP contribution in [0.25, 0.3) is 0 Å². The first-order valence-corrected chi connectivity index (χ1v) is 11.3. The highest BCUT2D eigenvalue weighted by atomic mass is 35.5. The maximum atomic E-state index is 12.2. The van der Waals surface area contributed by atoms with E-state index in [-0.39, 0.29) is 24.9 Å². The number of benzene rings is 2. The number of aromatic nitrogens is 2. The smallest absolute Gasteiger partial charge is 0.338 e. The molecule has 1 unspecified atom stereocenters. The van der Waals surface area contributed by atoms with E-state index in [9.17, 15) is 4.79 Å². The third-order valence-corrected chi connectivity index (χ3v) is 5.88. The number of hydrogen-bond donors (Lipinski definition) is 0. The molecular formula is C24H24Cl2N2O4. The average Bonchev–Trinajstić information content (AvgIpc) is 3.34. The van der Waals surface area contributed by atoms with Crippen LogP contribution in [0.4, 0.5) is 0 Å². The van der Waals surface area contributed by atoms with Gasteiger partial charge in [-0.1, -0.05) is 47.5 Å². The minimum Gasteiger partial charge on any atom is -0.459 e. The Labute approximate surface area is 197 Å². The summed E-state index contributed by atoms with van der Waals surface area (Å²) in [6.07, 6.45) is 7.25. The van der Waals surface area contributed by atoms with E-state index < -0.39 is 6.29 Å². The molecule has 32 heavy (non-hydrogen) atoms. The number of rotatable bonds is 8. The van der Waals surface area contributed by atoms with Crippen molar-refractivity contribution in [3.63, 3.8) is 0 Å². The highest BCUT2D eigenvalue weighted by Crippen LogP contribution is 2.29. The number of hydrogen-bond acceptors (Lipinski definition) is 5. The molecule has 2 heterocycles. The molecule has 2 aromatic carbocycles. The predicted molar refractivity (Wildman–Crippen MR) is 122 cm³/mol.